The number of anilines is 1. The first-order chi connectivity index (χ1) is 14.1. The number of para-hydroxylation sites is 1. The first kappa shape index (κ1) is 21.0. The third kappa shape index (κ3) is 5.66. The van der Waals surface area contributed by atoms with Crippen molar-refractivity contribution in [1.29, 1.82) is 0 Å². The van der Waals surface area contributed by atoms with Crippen molar-refractivity contribution in [3.8, 4) is 0 Å². The van der Waals surface area contributed by atoms with Crippen LogP contribution in [0.4, 0.5) is 14.5 Å². The van der Waals surface area contributed by atoms with E-state index in [1.807, 2.05) is 11.4 Å². The molecule has 1 unspecified atom stereocenters. The summed E-state index contributed by atoms with van der Waals surface area (Å²) in [5.41, 5.74) is 0.0289. The van der Waals surface area contributed by atoms with Gasteiger partial charge in [0.25, 0.3) is 5.91 Å². The van der Waals surface area contributed by atoms with Crippen molar-refractivity contribution in [2.75, 3.05) is 38.1 Å². The molecule has 1 fully saturated rings. The van der Waals surface area contributed by atoms with Gasteiger partial charge in [-0.25, -0.2) is 8.78 Å². The van der Waals surface area contributed by atoms with E-state index in [0.717, 1.165) is 12.8 Å². The fourth-order valence-corrected chi connectivity index (χ4v) is 3.89. The Kier molecular flexibility index (Phi) is 7.40. The number of amides is 1. The number of halogens is 2. The van der Waals surface area contributed by atoms with Gasteiger partial charge >= 0.3 is 0 Å². The normalized spacial score (nSPS) is 16.7. The first-order valence-electron chi connectivity index (χ1n) is 9.56. The molecule has 0 radical (unpaired) electrons. The van der Waals surface area contributed by atoms with Crippen molar-refractivity contribution >= 4 is 28.9 Å². The number of aliphatic imine (C=N–C) groups is 1. The van der Waals surface area contributed by atoms with Crippen LogP contribution in [-0.2, 0) is 0 Å². The molecule has 1 aromatic carbocycles. The van der Waals surface area contributed by atoms with Gasteiger partial charge in [0.1, 0.15) is 17.3 Å². The summed E-state index contributed by atoms with van der Waals surface area (Å²) >= 11 is 1.41. The van der Waals surface area contributed by atoms with E-state index in [1.54, 1.807) is 18.0 Å². The van der Waals surface area contributed by atoms with E-state index < -0.39 is 11.6 Å². The minimum Gasteiger partial charge on any atom is -0.365 e. The molecule has 1 aromatic heterocycles. The Morgan fingerprint density at radius 2 is 1.97 bits per heavy atom. The first-order valence-corrected chi connectivity index (χ1v) is 10.4. The summed E-state index contributed by atoms with van der Waals surface area (Å²) in [6.45, 7) is 2.27. The minimum atomic E-state index is -0.544. The number of hydrogen-bond acceptors (Lipinski definition) is 4. The summed E-state index contributed by atoms with van der Waals surface area (Å²) in [6.07, 6.45) is 1.50. The Balaban J connectivity index is 1.39. The van der Waals surface area contributed by atoms with Crippen LogP contribution >= 0.6 is 11.3 Å². The highest BCUT2D eigenvalue weighted by Crippen LogP contribution is 2.26. The van der Waals surface area contributed by atoms with E-state index in [0.29, 0.717) is 37.0 Å². The monoisotopic (exact) mass is 421 g/mol. The molecule has 156 valence electrons. The van der Waals surface area contributed by atoms with Gasteiger partial charge in [-0.15, -0.1) is 11.3 Å². The molecule has 1 amide bonds. The van der Waals surface area contributed by atoms with Crippen molar-refractivity contribution in [2.24, 2.45) is 4.99 Å². The third-order valence-electron chi connectivity index (χ3n) is 4.68. The molecule has 0 saturated carbocycles. The Labute approximate surface area is 173 Å². The highest BCUT2D eigenvalue weighted by atomic mass is 32.1. The van der Waals surface area contributed by atoms with Gasteiger partial charge in [-0.2, -0.15) is 0 Å². The molecule has 3 rings (SSSR count). The number of nitrogens with zero attached hydrogens (tertiary/aromatic N) is 2. The lowest BCUT2D eigenvalue weighted by atomic mass is 10.2. The molecule has 0 aliphatic carbocycles. The molecule has 0 spiro atoms. The number of nitrogens with one attached hydrogen (secondary N) is 3. The lowest BCUT2D eigenvalue weighted by Gasteiger charge is -2.21. The van der Waals surface area contributed by atoms with Gasteiger partial charge in [-0.05, 0) is 36.4 Å². The quantitative estimate of drug-likeness (QED) is 0.365. The van der Waals surface area contributed by atoms with Crippen LogP contribution < -0.4 is 20.9 Å². The second-order valence-electron chi connectivity index (χ2n) is 6.73. The van der Waals surface area contributed by atoms with Gasteiger partial charge in [0, 0.05) is 39.3 Å². The molecule has 1 atom stereocenters. The van der Waals surface area contributed by atoms with E-state index >= 15 is 0 Å². The summed E-state index contributed by atoms with van der Waals surface area (Å²) in [7, 11) is 1.68. The molecular weight excluding hydrogens is 396 g/mol. The second kappa shape index (κ2) is 10.2. The molecule has 1 saturated heterocycles. The topological polar surface area (TPSA) is 68.8 Å². The van der Waals surface area contributed by atoms with Gasteiger partial charge in [0.15, 0.2) is 5.96 Å². The number of carbonyl (C=O) groups excluding carboxylic acids is 1. The van der Waals surface area contributed by atoms with Crippen LogP contribution in [0.3, 0.4) is 0 Å². The van der Waals surface area contributed by atoms with E-state index in [4.69, 9.17) is 0 Å². The standard InChI is InChI=1S/C20H25F2N5OS/c1-23-20(25-10-4-9-24-19(28)17-7-3-12-29-17)26-14-8-11-27(13-14)18-15(21)5-2-6-16(18)22/h2-3,5-7,12,14H,4,8-11,13H2,1H3,(H,24,28)(H2,23,25,26). The lowest BCUT2D eigenvalue weighted by Crippen LogP contribution is -2.45. The number of guanidine groups is 1. The average Bonchev–Trinajstić information content (AvgIpc) is 3.39. The van der Waals surface area contributed by atoms with Gasteiger partial charge in [0.05, 0.1) is 4.88 Å². The van der Waals surface area contributed by atoms with Crippen LogP contribution in [0.2, 0.25) is 0 Å². The predicted molar refractivity (Wildman–Crippen MR) is 113 cm³/mol. The molecule has 9 heteroatoms. The van der Waals surface area contributed by atoms with Crippen molar-refractivity contribution in [2.45, 2.75) is 18.9 Å². The van der Waals surface area contributed by atoms with Crippen molar-refractivity contribution in [3.63, 3.8) is 0 Å². The minimum absolute atomic E-state index is 0.0289. The summed E-state index contributed by atoms with van der Waals surface area (Å²) in [6, 6.07) is 7.60. The lowest BCUT2D eigenvalue weighted by molar-refractivity contribution is 0.0957. The smallest absolute Gasteiger partial charge is 0.261 e. The van der Waals surface area contributed by atoms with Gasteiger partial charge in [-0.1, -0.05) is 12.1 Å². The molecule has 29 heavy (non-hydrogen) atoms. The average molecular weight is 422 g/mol. The molecule has 0 bridgehead atoms. The molecular formula is C20H25F2N5OS. The number of benzene rings is 1. The predicted octanol–water partition coefficient (Wildman–Crippen LogP) is 2.59. The fraction of sp³-hybridized carbons (Fsp3) is 0.400. The highest BCUT2D eigenvalue weighted by molar-refractivity contribution is 7.12. The summed E-state index contributed by atoms with van der Waals surface area (Å²) in [4.78, 5) is 18.5. The Morgan fingerprint density at radius 3 is 2.66 bits per heavy atom. The Bertz CT molecular complexity index is 823. The van der Waals surface area contributed by atoms with Crippen molar-refractivity contribution in [1.82, 2.24) is 16.0 Å². The van der Waals surface area contributed by atoms with E-state index in [2.05, 4.69) is 20.9 Å². The maximum absolute atomic E-state index is 14.0. The van der Waals surface area contributed by atoms with Crippen LogP contribution in [0.5, 0.6) is 0 Å². The number of thiophene rings is 1. The molecule has 1 aliphatic heterocycles. The molecule has 2 heterocycles. The Morgan fingerprint density at radius 1 is 1.21 bits per heavy atom. The molecule has 1 aliphatic rings. The maximum atomic E-state index is 14.0. The number of hydrogen-bond donors (Lipinski definition) is 3. The zero-order chi connectivity index (χ0) is 20.6. The van der Waals surface area contributed by atoms with Crippen LogP contribution in [0.1, 0.15) is 22.5 Å². The zero-order valence-electron chi connectivity index (χ0n) is 16.3. The SMILES string of the molecule is CN=C(NCCCNC(=O)c1cccs1)NC1CCN(c2c(F)cccc2F)C1. The highest BCUT2D eigenvalue weighted by Gasteiger charge is 2.27. The Hall–Kier alpha value is -2.68. The summed E-state index contributed by atoms with van der Waals surface area (Å²) in [5, 5.41) is 11.2. The maximum Gasteiger partial charge on any atom is 0.261 e. The fourth-order valence-electron chi connectivity index (χ4n) is 3.25. The van der Waals surface area contributed by atoms with E-state index in [9.17, 15) is 13.6 Å². The van der Waals surface area contributed by atoms with E-state index in [-0.39, 0.29) is 17.6 Å². The van der Waals surface area contributed by atoms with Crippen molar-refractivity contribution in [3.05, 3.63) is 52.2 Å². The van der Waals surface area contributed by atoms with Crippen LogP contribution in [0, 0.1) is 11.6 Å². The van der Waals surface area contributed by atoms with Crippen LogP contribution in [0.15, 0.2) is 40.7 Å². The van der Waals surface area contributed by atoms with Gasteiger partial charge < -0.3 is 20.9 Å². The largest absolute Gasteiger partial charge is 0.365 e. The summed E-state index contributed by atoms with van der Waals surface area (Å²) in [5.74, 6) is -0.514. The van der Waals surface area contributed by atoms with Crippen LogP contribution in [-0.4, -0.2) is 51.1 Å². The molecule has 6 nitrogen and oxygen atoms in total. The molecule has 2 aromatic rings. The molecule has 3 N–H and O–H groups in total. The van der Waals surface area contributed by atoms with Crippen LogP contribution in [0.25, 0.3) is 0 Å². The number of rotatable bonds is 7. The number of carbonyl (C=O) groups is 1. The summed E-state index contributed by atoms with van der Waals surface area (Å²) < 4.78 is 28.0. The third-order valence-corrected chi connectivity index (χ3v) is 5.55. The second-order valence-corrected chi connectivity index (χ2v) is 7.68. The van der Waals surface area contributed by atoms with Crippen molar-refractivity contribution < 1.29 is 13.6 Å². The van der Waals surface area contributed by atoms with Gasteiger partial charge in [-0.3, -0.25) is 9.79 Å². The zero-order valence-corrected chi connectivity index (χ0v) is 17.1. The van der Waals surface area contributed by atoms with Gasteiger partial charge in [0.2, 0.25) is 0 Å². The van der Waals surface area contributed by atoms with E-state index in [1.165, 1.54) is 29.5 Å².